The van der Waals surface area contributed by atoms with Crippen molar-refractivity contribution in [2.45, 2.75) is 141 Å². The van der Waals surface area contributed by atoms with Gasteiger partial charge in [-0.3, -0.25) is 9.69 Å². The number of rotatable bonds is 7. The van der Waals surface area contributed by atoms with Gasteiger partial charge in [0.05, 0.1) is 43.0 Å². The second-order valence-corrected chi connectivity index (χ2v) is 15.2. The van der Waals surface area contributed by atoms with Crippen molar-refractivity contribution in [1.29, 1.82) is 0 Å². The summed E-state index contributed by atoms with van der Waals surface area (Å²) in [6, 6.07) is -0.390. The zero-order valence-electron chi connectivity index (χ0n) is 30.6. The van der Waals surface area contributed by atoms with Crippen molar-refractivity contribution in [3.05, 3.63) is 24.8 Å². The monoisotopic (exact) mass is 668 g/mol. The number of hydrogen-bond acceptors (Lipinski definition) is 11. The summed E-state index contributed by atoms with van der Waals surface area (Å²) in [5.74, 6) is -2.35. The highest BCUT2D eigenvalue weighted by Crippen LogP contribution is 2.38. The number of esters is 1. The van der Waals surface area contributed by atoms with Crippen LogP contribution in [0.15, 0.2) is 24.8 Å². The van der Waals surface area contributed by atoms with Crippen LogP contribution in [0.4, 0.5) is 0 Å². The maximum absolute atomic E-state index is 13.8. The lowest BCUT2D eigenvalue weighted by Gasteiger charge is -2.46. The molecule has 47 heavy (non-hydrogen) atoms. The van der Waals surface area contributed by atoms with Crippen LogP contribution in [-0.4, -0.2) is 138 Å². The summed E-state index contributed by atoms with van der Waals surface area (Å²) in [6.07, 6.45) is -2.63. The van der Waals surface area contributed by atoms with Gasteiger partial charge in [-0.2, -0.15) is 0 Å². The lowest BCUT2D eigenvalue weighted by Crippen LogP contribution is -2.61. The van der Waals surface area contributed by atoms with E-state index < -0.39 is 65.8 Å². The summed E-state index contributed by atoms with van der Waals surface area (Å²) >= 11 is 0. The Labute approximate surface area is 283 Å². The van der Waals surface area contributed by atoms with Crippen LogP contribution < -0.4 is 0 Å². The van der Waals surface area contributed by atoms with Crippen LogP contribution in [0.25, 0.3) is 0 Å². The molecule has 11 heteroatoms. The molecule has 2 bridgehead atoms. The molecule has 11 nitrogen and oxygen atoms in total. The Morgan fingerprint density at radius 3 is 2.38 bits per heavy atom. The standard InChI is InChI=1S/C36H64N2O9/c1-13-15-44-36(10)28(14-2)46-33(41)25(7)29(39)24(6)31(47-34-30(40)27(37(11)12)16-23(5)45-34)35(9,42)17-21(3)18-38-19-22(4)20-43-32(36)26(38)8/h13,21,23-32,34,39-40,42H,1,4,14-20H2,2-3,5-12H3/t21-,23-,24-,25-,26-,27+,28-,29+,30-,31-,32+,34+,35-,36-/m1/s1. The molecule has 272 valence electrons. The van der Waals surface area contributed by atoms with Crippen molar-refractivity contribution >= 4 is 5.97 Å². The predicted octanol–water partition coefficient (Wildman–Crippen LogP) is 3.15. The molecule has 3 rings (SSSR count). The smallest absolute Gasteiger partial charge is 0.311 e. The van der Waals surface area contributed by atoms with Crippen LogP contribution in [-0.2, 0) is 28.5 Å². The van der Waals surface area contributed by atoms with Crippen LogP contribution in [0.5, 0.6) is 0 Å². The maximum atomic E-state index is 13.8. The molecule has 3 heterocycles. The Bertz CT molecular complexity index is 1060. The second kappa shape index (κ2) is 16.5. The van der Waals surface area contributed by atoms with E-state index in [1.54, 1.807) is 26.8 Å². The summed E-state index contributed by atoms with van der Waals surface area (Å²) < 4.78 is 31.8. The molecule has 0 spiro atoms. The number of aliphatic hydroxyl groups is 3. The van der Waals surface area contributed by atoms with E-state index in [0.29, 0.717) is 39.0 Å². The highest BCUT2D eigenvalue weighted by molar-refractivity contribution is 5.73. The number of cyclic esters (lactones) is 1. The molecular weight excluding hydrogens is 604 g/mol. The Hall–Kier alpha value is -1.41. The summed E-state index contributed by atoms with van der Waals surface area (Å²) in [4.78, 5) is 18.1. The second-order valence-electron chi connectivity index (χ2n) is 15.2. The summed E-state index contributed by atoms with van der Waals surface area (Å²) in [5, 5.41) is 35.3. The fourth-order valence-corrected chi connectivity index (χ4v) is 8.04. The van der Waals surface area contributed by atoms with E-state index in [0.717, 1.165) is 5.57 Å². The van der Waals surface area contributed by atoms with Crippen LogP contribution >= 0.6 is 0 Å². The molecule has 0 amide bonds. The fourth-order valence-electron chi connectivity index (χ4n) is 8.04. The molecular formula is C36H64N2O9. The van der Waals surface area contributed by atoms with Gasteiger partial charge in [-0.25, -0.2) is 0 Å². The predicted molar refractivity (Wildman–Crippen MR) is 181 cm³/mol. The largest absolute Gasteiger partial charge is 0.459 e. The van der Waals surface area contributed by atoms with Crippen LogP contribution in [0.1, 0.15) is 74.7 Å². The van der Waals surface area contributed by atoms with E-state index in [1.165, 1.54) is 0 Å². The third kappa shape index (κ3) is 9.23. The third-order valence-electron chi connectivity index (χ3n) is 10.6. The number of carbonyl (C=O) groups is 1. The number of hydrogen-bond donors (Lipinski definition) is 3. The van der Waals surface area contributed by atoms with E-state index in [9.17, 15) is 20.1 Å². The van der Waals surface area contributed by atoms with Gasteiger partial charge in [-0.15, -0.1) is 6.58 Å². The molecule has 1 unspecified atom stereocenters. The number of ether oxygens (including phenoxy) is 5. The van der Waals surface area contributed by atoms with Gasteiger partial charge in [0.1, 0.15) is 23.9 Å². The zero-order valence-corrected chi connectivity index (χ0v) is 30.6. The highest BCUT2D eigenvalue weighted by atomic mass is 16.7. The minimum absolute atomic E-state index is 0.0390. The number of aliphatic hydroxyl groups excluding tert-OH is 2. The Morgan fingerprint density at radius 2 is 1.79 bits per heavy atom. The summed E-state index contributed by atoms with van der Waals surface area (Å²) in [7, 11) is 3.80. The van der Waals surface area contributed by atoms with Gasteiger partial charge in [0.2, 0.25) is 0 Å². The molecule has 0 aliphatic carbocycles. The number of fused-ring (bicyclic) bond motifs is 2. The van der Waals surface area contributed by atoms with Gasteiger partial charge in [0.15, 0.2) is 6.29 Å². The topological polar surface area (TPSA) is 130 Å². The van der Waals surface area contributed by atoms with Gasteiger partial charge in [0, 0.05) is 31.1 Å². The Kier molecular flexibility index (Phi) is 14.1. The van der Waals surface area contributed by atoms with Crippen LogP contribution in [0.2, 0.25) is 0 Å². The van der Waals surface area contributed by atoms with Crippen LogP contribution in [0.3, 0.4) is 0 Å². The number of carbonyl (C=O) groups excluding carboxylic acids is 1. The minimum atomic E-state index is -1.48. The fraction of sp³-hybridized carbons (Fsp3) is 0.861. The van der Waals surface area contributed by atoms with E-state index >= 15 is 0 Å². The van der Waals surface area contributed by atoms with E-state index in [-0.39, 0.29) is 30.7 Å². The average molecular weight is 669 g/mol. The first-order valence-electron chi connectivity index (χ1n) is 17.4. The average Bonchev–Trinajstić information content (AvgIpc) is 3.13. The molecule has 3 N–H and O–H groups in total. The van der Waals surface area contributed by atoms with Crippen LogP contribution in [0, 0.1) is 17.8 Å². The van der Waals surface area contributed by atoms with Crippen molar-refractivity contribution in [3.8, 4) is 0 Å². The van der Waals surface area contributed by atoms with Gasteiger partial charge < -0.3 is 43.9 Å². The first-order valence-corrected chi connectivity index (χ1v) is 17.4. The Balaban J connectivity index is 2.09. The lowest BCUT2D eigenvalue weighted by molar-refractivity contribution is -0.299. The van der Waals surface area contributed by atoms with Crippen molar-refractivity contribution in [1.82, 2.24) is 9.80 Å². The number of nitrogens with zero attached hydrogens (tertiary/aromatic N) is 2. The maximum Gasteiger partial charge on any atom is 0.311 e. The third-order valence-corrected chi connectivity index (χ3v) is 10.6. The molecule has 0 saturated carbocycles. The van der Waals surface area contributed by atoms with Crippen molar-refractivity contribution in [2.75, 3.05) is 40.4 Å². The van der Waals surface area contributed by atoms with E-state index in [2.05, 4.69) is 31.9 Å². The highest BCUT2D eigenvalue weighted by Gasteiger charge is 2.52. The van der Waals surface area contributed by atoms with E-state index in [1.807, 2.05) is 39.8 Å². The van der Waals surface area contributed by atoms with Gasteiger partial charge in [-0.1, -0.05) is 33.4 Å². The molecule has 3 saturated heterocycles. The molecule has 0 radical (unpaired) electrons. The van der Waals surface area contributed by atoms with Crippen molar-refractivity contribution in [2.24, 2.45) is 17.8 Å². The SMILES string of the molecule is C=CCO[C@]1(C)[C@@H](CC)OC(=O)[C@H](C)[C@@H](O)[C@@H](C)[C@@H](O[C@@H]2O[C@H](C)C[C@H](N(C)C)[C@H]2O)[C@](C)(O)C[C@@H](C)CN2CC(=C)CO[C@H]1[C@H]2C. The molecule has 15 atom stereocenters. The molecule has 0 aromatic carbocycles. The summed E-state index contributed by atoms with van der Waals surface area (Å²) in [6.45, 7) is 24.9. The van der Waals surface area contributed by atoms with E-state index in [4.69, 9.17) is 23.7 Å². The molecule has 0 aromatic rings. The van der Waals surface area contributed by atoms with Gasteiger partial charge >= 0.3 is 5.97 Å². The quantitative estimate of drug-likeness (QED) is 0.273. The Morgan fingerprint density at radius 1 is 1.13 bits per heavy atom. The molecule has 3 fully saturated rings. The van der Waals surface area contributed by atoms with Gasteiger partial charge in [0.25, 0.3) is 0 Å². The normalized spacial score (nSPS) is 46.2. The zero-order chi connectivity index (χ0) is 35.4. The summed E-state index contributed by atoms with van der Waals surface area (Å²) in [5.41, 5.74) is -1.61. The van der Waals surface area contributed by atoms with Gasteiger partial charge in [-0.05, 0) is 79.5 Å². The van der Waals surface area contributed by atoms with Crippen molar-refractivity contribution < 1.29 is 43.8 Å². The molecule has 3 aliphatic heterocycles. The lowest BCUT2D eigenvalue weighted by atomic mass is 9.78. The van der Waals surface area contributed by atoms with Crippen molar-refractivity contribution in [3.63, 3.8) is 0 Å². The number of likely N-dealkylation sites (N-methyl/N-ethyl adjacent to an activating group) is 1. The first kappa shape index (κ1) is 40.0. The molecule has 3 aliphatic rings. The molecule has 0 aromatic heterocycles. The minimum Gasteiger partial charge on any atom is -0.459 e. The first-order chi connectivity index (χ1) is 21.9.